The standard InChI is InChI=1S/C2H6N4/c3-1-6-2(4)5/h1H,(H5,3,4,5,6). The van der Waals surface area contributed by atoms with Crippen molar-refractivity contribution in [3.63, 3.8) is 0 Å². The van der Waals surface area contributed by atoms with Crippen LogP contribution in [-0.2, 0) is 0 Å². The first-order chi connectivity index (χ1) is 2.77. The van der Waals surface area contributed by atoms with E-state index < -0.39 is 0 Å². The topological polar surface area (TPSA) is 88.2 Å². The maximum absolute atomic E-state index is 6.39. The molecule has 0 aliphatic rings. The Balaban J connectivity index is 3.30. The van der Waals surface area contributed by atoms with Gasteiger partial charge in [-0.05, 0) is 0 Å². The molecular formula is C2H6N4. The van der Waals surface area contributed by atoms with Crippen molar-refractivity contribution in [2.45, 2.75) is 0 Å². The van der Waals surface area contributed by atoms with Crippen LogP contribution >= 0.6 is 0 Å². The molecule has 0 heterocycles. The van der Waals surface area contributed by atoms with E-state index in [2.05, 4.69) is 4.99 Å². The van der Waals surface area contributed by atoms with Gasteiger partial charge >= 0.3 is 0 Å². The molecule has 0 saturated carbocycles. The van der Waals surface area contributed by atoms with Gasteiger partial charge in [-0.1, -0.05) is 0 Å². The Hall–Kier alpha value is -1.06. The van der Waals surface area contributed by atoms with Gasteiger partial charge in [0.2, 0.25) is 5.96 Å². The lowest BCUT2D eigenvalue weighted by atomic mass is 11.0. The number of nitrogens with two attached hydrogens (primary N) is 2. The van der Waals surface area contributed by atoms with E-state index in [0.29, 0.717) is 0 Å². The molecule has 34 valence electrons. The first-order valence-corrected chi connectivity index (χ1v) is 1.35. The molecule has 0 unspecified atom stereocenters. The molecule has 0 aromatic carbocycles. The van der Waals surface area contributed by atoms with Crippen LogP contribution in [0.15, 0.2) is 4.99 Å². The number of hydrogen-bond donors (Lipinski definition) is 3. The number of nitrogens with zero attached hydrogens (tertiary/aromatic N) is 1. The summed E-state index contributed by atoms with van der Waals surface area (Å²) >= 11 is 0. The van der Waals surface area contributed by atoms with Crippen molar-refractivity contribution in [1.29, 1.82) is 5.41 Å². The van der Waals surface area contributed by atoms with Gasteiger partial charge in [-0.25, -0.2) is 4.99 Å². The molecule has 0 atom stereocenters. The minimum absolute atomic E-state index is 0.266. The molecule has 4 heteroatoms. The second kappa shape index (κ2) is 2.19. The second-order valence-corrected chi connectivity index (χ2v) is 0.663. The average molecular weight is 86.1 g/mol. The van der Waals surface area contributed by atoms with Crippen LogP contribution in [0, 0.1) is 5.41 Å². The smallest absolute Gasteiger partial charge is 0.213 e. The highest BCUT2D eigenvalue weighted by Crippen LogP contribution is 1.51. The first kappa shape index (κ1) is 4.94. The van der Waals surface area contributed by atoms with E-state index in [1.807, 2.05) is 0 Å². The Morgan fingerprint density at radius 2 is 2.33 bits per heavy atom. The van der Waals surface area contributed by atoms with Gasteiger partial charge in [0, 0.05) is 0 Å². The lowest BCUT2D eigenvalue weighted by Crippen LogP contribution is -2.07. The highest BCUT2D eigenvalue weighted by molar-refractivity contribution is 5.82. The highest BCUT2D eigenvalue weighted by atomic mass is 15.0. The first-order valence-electron chi connectivity index (χ1n) is 1.35. The summed E-state index contributed by atoms with van der Waals surface area (Å²) in [6.07, 6.45) is 0.975. The maximum Gasteiger partial charge on any atom is 0.213 e. The van der Waals surface area contributed by atoms with Gasteiger partial charge in [-0.2, -0.15) is 0 Å². The molecule has 0 aliphatic carbocycles. The zero-order chi connectivity index (χ0) is 4.99. The molecule has 0 rings (SSSR count). The van der Waals surface area contributed by atoms with Crippen LogP contribution in [0.1, 0.15) is 0 Å². The average Bonchev–Trinajstić information content (AvgIpc) is 1.35. The molecule has 0 aromatic rings. The van der Waals surface area contributed by atoms with Gasteiger partial charge in [-0.3, -0.25) is 5.41 Å². The summed E-state index contributed by atoms with van der Waals surface area (Å²) in [5.74, 6) is -0.266. The third-order valence-corrected chi connectivity index (χ3v) is 0.214. The van der Waals surface area contributed by atoms with Crippen molar-refractivity contribution in [3.05, 3.63) is 0 Å². The van der Waals surface area contributed by atoms with E-state index in [0.717, 1.165) is 6.34 Å². The molecule has 0 spiro atoms. The molecular weight excluding hydrogens is 80.0 g/mol. The number of guanidine groups is 1. The van der Waals surface area contributed by atoms with Crippen LogP contribution in [0.3, 0.4) is 0 Å². The van der Waals surface area contributed by atoms with Gasteiger partial charge in [0.1, 0.15) is 0 Å². The molecule has 0 fully saturated rings. The van der Waals surface area contributed by atoms with Crippen molar-refractivity contribution in [2.75, 3.05) is 0 Å². The summed E-state index contributed by atoms with van der Waals surface area (Å²) in [6, 6.07) is 0. The fraction of sp³-hybridized carbons (Fsp3) is 0. The van der Waals surface area contributed by atoms with Crippen LogP contribution in [0.2, 0.25) is 0 Å². The van der Waals surface area contributed by atoms with Crippen LogP contribution < -0.4 is 11.5 Å². The van der Waals surface area contributed by atoms with Gasteiger partial charge < -0.3 is 11.5 Å². The lowest BCUT2D eigenvalue weighted by Gasteiger charge is -1.75. The molecule has 0 aliphatic heterocycles. The lowest BCUT2D eigenvalue weighted by molar-refractivity contribution is 1.38. The van der Waals surface area contributed by atoms with Gasteiger partial charge in [0.15, 0.2) is 0 Å². The Morgan fingerprint density at radius 1 is 1.83 bits per heavy atom. The van der Waals surface area contributed by atoms with Gasteiger partial charge in [0.05, 0.1) is 6.34 Å². The van der Waals surface area contributed by atoms with E-state index in [4.69, 9.17) is 16.9 Å². The zero-order valence-corrected chi connectivity index (χ0v) is 3.18. The third-order valence-electron chi connectivity index (χ3n) is 0.214. The van der Waals surface area contributed by atoms with Crippen molar-refractivity contribution in [2.24, 2.45) is 16.5 Å². The summed E-state index contributed by atoms with van der Waals surface area (Å²) in [7, 11) is 0. The molecule has 0 saturated heterocycles. The Kier molecular flexibility index (Phi) is 1.81. The SMILES string of the molecule is N=C(N)N=CN. The van der Waals surface area contributed by atoms with Gasteiger partial charge in [0.25, 0.3) is 0 Å². The monoisotopic (exact) mass is 86.1 g/mol. The van der Waals surface area contributed by atoms with Gasteiger partial charge in [-0.15, -0.1) is 0 Å². The Bertz CT molecular complexity index is 73.6. The van der Waals surface area contributed by atoms with Crippen LogP contribution in [0.5, 0.6) is 0 Å². The molecule has 0 bridgehead atoms. The number of nitrogens with one attached hydrogen (secondary N) is 1. The summed E-state index contributed by atoms with van der Waals surface area (Å²) in [5, 5.41) is 6.39. The van der Waals surface area contributed by atoms with E-state index in [1.54, 1.807) is 0 Å². The minimum atomic E-state index is -0.266. The Labute approximate surface area is 35.4 Å². The Morgan fingerprint density at radius 3 is 2.33 bits per heavy atom. The summed E-state index contributed by atoms with van der Waals surface area (Å²) < 4.78 is 0. The fourth-order valence-corrected chi connectivity index (χ4v) is 0.0803. The van der Waals surface area contributed by atoms with E-state index in [-0.39, 0.29) is 5.96 Å². The van der Waals surface area contributed by atoms with Crippen molar-refractivity contribution < 1.29 is 0 Å². The van der Waals surface area contributed by atoms with Crippen molar-refractivity contribution >= 4 is 12.3 Å². The van der Waals surface area contributed by atoms with E-state index in [1.165, 1.54) is 0 Å². The zero-order valence-electron chi connectivity index (χ0n) is 3.18. The molecule has 6 heavy (non-hydrogen) atoms. The number of hydrogen-bond acceptors (Lipinski definition) is 1. The molecule has 5 N–H and O–H groups in total. The van der Waals surface area contributed by atoms with Crippen molar-refractivity contribution in [1.82, 2.24) is 0 Å². The van der Waals surface area contributed by atoms with Crippen LogP contribution in [0.25, 0.3) is 0 Å². The van der Waals surface area contributed by atoms with Crippen molar-refractivity contribution in [3.8, 4) is 0 Å². The molecule has 0 aromatic heterocycles. The maximum atomic E-state index is 6.39. The number of aliphatic imine (C=N–C) groups is 1. The number of rotatable bonds is 0. The quantitative estimate of drug-likeness (QED) is 0.257. The predicted octanol–water partition coefficient (Wildman–Crippen LogP) is -1.13. The van der Waals surface area contributed by atoms with Crippen LogP contribution in [-0.4, -0.2) is 12.3 Å². The minimum Gasteiger partial charge on any atom is -0.390 e. The molecule has 0 radical (unpaired) electrons. The third kappa shape index (κ3) is 2.94. The highest BCUT2D eigenvalue weighted by Gasteiger charge is 1.67. The van der Waals surface area contributed by atoms with E-state index >= 15 is 0 Å². The normalized spacial score (nSPS) is 9.33. The van der Waals surface area contributed by atoms with E-state index in [9.17, 15) is 0 Å². The summed E-state index contributed by atoms with van der Waals surface area (Å²) in [5.41, 5.74) is 9.43. The molecule has 4 nitrogen and oxygen atoms in total. The van der Waals surface area contributed by atoms with Crippen LogP contribution in [0.4, 0.5) is 0 Å². The fourth-order valence-electron chi connectivity index (χ4n) is 0.0803. The summed E-state index contributed by atoms with van der Waals surface area (Å²) in [6.45, 7) is 0. The molecule has 0 amide bonds. The predicted molar refractivity (Wildman–Crippen MR) is 24.6 cm³/mol. The summed E-state index contributed by atoms with van der Waals surface area (Å²) in [4.78, 5) is 3.14. The largest absolute Gasteiger partial charge is 0.390 e. The second-order valence-electron chi connectivity index (χ2n) is 0.663.